The number of nitrogens with zero attached hydrogens (tertiary/aromatic N) is 1. The molecule has 0 heterocycles. The van der Waals surface area contributed by atoms with Crippen LogP contribution in [0.2, 0.25) is 0 Å². The molecule has 1 amide bonds. The summed E-state index contributed by atoms with van der Waals surface area (Å²) in [6.45, 7) is 5.63. The second kappa shape index (κ2) is 6.77. The standard InChI is InChI=1S/C18H18N2O2/c1-12-8-9-17(13(2)10-12)22-14(3)18(21)20-16-7-5-4-6-15(16)11-19/h4-10,14H,1-3H3,(H,20,21)/t14-/m0/s1. The van der Waals surface area contributed by atoms with Gasteiger partial charge in [0.25, 0.3) is 5.91 Å². The molecule has 0 radical (unpaired) electrons. The Morgan fingerprint density at radius 3 is 2.64 bits per heavy atom. The van der Waals surface area contributed by atoms with Crippen molar-refractivity contribution in [2.75, 3.05) is 5.32 Å². The Morgan fingerprint density at radius 1 is 1.23 bits per heavy atom. The molecule has 0 saturated heterocycles. The SMILES string of the molecule is Cc1ccc(O[C@@H](C)C(=O)Nc2ccccc2C#N)c(C)c1. The minimum Gasteiger partial charge on any atom is -0.481 e. The molecule has 1 N–H and O–H groups in total. The van der Waals surface area contributed by atoms with Crippen molar-refractivity contribution in [1.82, 2.24) is 0 Å². The number of benzene rings is 2. The summed E-state index contributed by atoms with van der Waals surface area (Å²) in [5, 5.41) is 11.8. The third-order valence-corrected chi connectivity index (χ3v) is 3.31. The summed E-state index contributed by atoms with van der Waals surface area (Å²) < 4.78 is 5.71. The van der Waals surface area contributed by atoms with Crippen LogP contribution in [0.1, 0.15) is 23.6 Å². The Kier molecular flexibility index (Phi) is 4.80. The maximum atomic E-state index is 12.2. The van der Waals surface area contributed by atoms with Crippen LogP contribution in [0.3, 0.4) is 0 Å². The quantitative estimate of drug-likeness (QED) is 0.937. The van der Waals surface area contributed by atoms with Gasteiger partial charge in [-0.3, -0.25) is 4.79 Å². The van der Waals surface area contributed by atoms with Crippen molar-refractivity contribution >= 4 is 11.6 Å². The zero-order valence-electron chi connectivity index (χ0n) is 12.9. The number of hydrogen-bond donors (Lipinski definition) is 1. The number of anilines is 1. The first-order valence-electron chi connectivity index (χ1n) is 7.05. The van der Waals surface area contributed by atoms with Gasteiger partial charge in [-0.2, -0.15) is 5.26 Å². The molecule has 0 aliphatic heterocycles. The van der Waals surface area contributed by atoms with Crippen molar-refractivity contribution in [3.05, 3.63) is 59.2 Å². The number of hydrogen-bond acceptors (Lipinski definition) is 3. The fourth-order valence-electron chi connectivity index (χ4n) is 2.10. The largest absolute Gasteiger partial charge is 0.481 e. The molecule has 0 saturated carbocycles. The van der Waals surface area contributed by atoms with Gasteiger partial charge >= 0.3 is 0 Å². The fraction of sp³-hybridized carbons (Fsp3) is 0.222. The van der Waals surface area contributed by atoms with Crippen LogP contribution in [0, 0.1) is 25.2 Å². The molecule has 0 aliphatic carbocycles. The molecule has 0 aromatic heterocycles. The van der Waals surface area contributed by atoms with E-state index in [1.807, 2.05) is 38.1 Å². The second-order valence-corrected chi connectivity index (χ2v) is 5.18. The van der Waals surface area contributed by atoms with E-state index in [4.69, 9.17) is 10.00 Å². The van der Waals surface area contributed by atoms with Crippen LogP contribution in [-0.2, 0) is 4.79 Å². The number of rotatable bonds is 4. The highest BCUT2D eigenvalue weighted by Gasteiger charge is 2.17. The van der Waals surface area contributed by atoms with Crippen molar-refractivity contribution in [3.63, 3.8) is 0 Å². The van der Waals surface area contributed by atoms with Gasteiger partial charge in [-0.25, -0.2) is 0 Å². The van der Waals surface area contributed by atoms with E-state index in [9.17, 15) is 4.79 Å². The molecular formula is C18H18N2O2. The highest BCUT2D eigenvalue weighted by atomic mass is 16.5. The van der Waals surface area contributed by atoms with Crippen LogP contribution in [0.5, 0.6) is 5.75 Å². The molecule has 4 heteroatoms. The molecule has 0 bridgehead atoms. The van der Waals surface area contributed by atoms with E-state index in [1.165, 1.54) is 0 Å². The molecule has 112 valence electrons. The maximum Gasteiger partial charge on any atom is 0.265 e. The number of nitrogens with one attached hydrogen (secondary N) is 1. The number of amides is 1. The first kappa shape index (κ1) is 15.6. The zero-order valence-corrected chi connectivity index (χ0v) is 12.9. The lowest BCUT2D eigenvalue weighted by molar-refractivity contribution is -0.122. The Bertz CT molecular complexity index is 732. The fourth-order valence-corrected chi connectivity index (χ4v) is 2.10. The van der Waals surface area contributed by atoms with Gasteiger partial charge in [0.1, 0.15) is 11.8 Å². The summed E-state index contributed by atoms with van der Waals surface area (Å²) in [4.78, 5) is 12.2. The number of carbonyl (C=O) groups excluding carboxylic acids is 1. The van der Waals surface area contributed by atoms with Crippen LogP contribution < -0.4 is 10.1 Å². The smallest absolute Gasteiger partial charge is 0.265 e. The summed E-state index contributed by atoms with van der Waals surface area (Å²) in [6.07, 6.45) is -0.659. The lowest BCUT2D eigenvalue weighted by Gasteiger charge is -2.17. The minimum absolute atomic E-state index is 0.289. The third-order valence-electron chi connectivity index (χ3n) is 3.31. The zero-order chi connectivity index (χ0) is 16.1. The Labute approximate surface area is 130 Å². The van der Waals surface area contributed by atoms with Gasteiger partial charge < -0.3 is 10.1 Å². The van der Waals surface area contributed by atoms with E-state index >= 15 is 0 Å². The lowest BCUT2D eigenvalue weighted by atomic mass is 10.1. The predicted molar refractivity (Wildman–Crippen MR) is 85.8 cm³/mol. The Balaban J connectivity index is 2.08. The summed E-state index contributed by atoms with van der Waals surface area (Å²) in [6, 6.07) is 14.7. The van der Waals surface area contributed by atoms with Crippen LogP contribution in [0.25, 0.3) is 0 Å². The Morgan fingerprint density at radius 2 is 1.95 bits per heavy atom. The van der Waals surface area contributed by atoms with Crippen molar-refractivity contribution < 1.29 is 9.53 Å². The number of para-hydroxylation sites is 1. The normalized spacial score (nSPS) is 11.4. The number of ether oxygens (including phenoxy) is 1. The molecule has 2 aromatic carbocycles. The average Bonchev–Trinajstić information content (AvgIpc) is 2.50. The molecule has 0 unspecified atom stereocenters. The van der Waals surface area contributed by atoms with E-state index in [0.717, 1.165) is 11.1 Å². The topological polar surface area (TPSA) is 62.1 Å². The molecule has 22 heavy (non-hydrogen) atoms. The average molecular weight is 294 g/mol. The van der Waals surface area contributed by atoms with Crippen molar-refractivity contribution in [3.8, 4) is 11.8 Å². The number of carbonyl (C=O) groups is 1. The Hall–Kier alpha value is -2.80. The first-order valence-corrected chi connectivity index (χ1v) is 7.05. The molecular weight excluding hydrogens is 276 g/mol. The molecule has 2 rings (SSSR count). The maximum absolute atomic E-state index is 12.2. The minimum atomic E-state index is -0.659. The van der Waals surface area contributed by atoms with Gasteiger partial charge in [-0.05, 0) is 44.5 Å². The summed E-state index contributed by atoms with van der Waals surface area (Å²) in [5.41, 5.74) is 3.04. The van der Waals surface area contributed by atoms with Gasteiger partial charge in [-0.1, -0.05) is 29.8 Å². The molecule has 1 atom stereocenters. The van der Waals surface area contributed by atoms with Gasteiger partial charge in [0.05, 0.1) is 11.3 Å². The number of aryl methyl sites for hydroxylation is 2. The molecule has 0 fully saturated rings. The molecule has 4 nitrogen and oxygen atoms in total. The van der Waals surface area contributed by atoms with Crippen molar-refractivity contribution in [2.24, 2.45) is 0 Å². The van der Waals surface area contributed by atoms with E-state index in [1.54, 1.807) is 31.2 Å². The highest BCUT2D eigenvalue weighted by Crippen LogP contribution is 2.21. The summed E-state index contributed by atoms with van der Waals surface area (Å²) >= 11 is 0. The van der Waals surface area contributed by atoms with Crippen molar-refractivity contribution in [2.45, 2.75) is 26.9 Å². The van der Waals surface area contributed by atoms with Gasteiger partial charge in [0.15, 0.2) is 6.10 Å². The van der Waals surface area contributed by atoms with E-state index < -0.39 is 6.10 Å². The van der Waals surface area contributed by atoms with E-state index in [2.05, 4.69) is 5.32 Å². The van der Waals surface area contributed by atoms with Crippen LogP contribution in [0.15, 0.2) is 42.5 Å². The van der Waals surface area contributed by atoms with Gasteiger partial charge in [0, 0.05) is 0 Å². The molecule has 0 aliphatic rings. The van der Waals surface area contributed by atoms with Crippen LogP contribution >= 0.6 is 0 Å². The van der Waals surface area contributed by atoms with Crippen LogP contribution in [-0.4, -0.2) is 12.0 Å². The predicted octanol–water partition coefficient (Wildman–Crippen LogP) is 3.58. The highest BCUT2D eigenvalue weighted by molar-refractivity contribution is 5.95. The number of nitriles is 1. The van der Waals surface area contributed by atoms with Gasteiger partial charge in [0.2, 0.25) is 0 Å². The second-order valence-electron chi connectivity index (χ2n) is 5.18. The lowest BCUT2D eigenvalue weighted by Crippen LogP contribution is -2.30. The van der Waals surface area contributed by atoms with E-state index in [-0.39, 0.29) is 5.91 Å². The third kappa shape index (κ3) is 3.64. The van der Waals surface area contributed by atoms with Gasteiger partial charge in [-0.15, -0.1) is 0 Å². The van der Waals surface area contributed by atoms with Crippen molar-refractivity contribution in [1.29, 1.82) is 5.26 Å². The molecule has 2 aromatic rings. The summed E-state index contributed by atoms with van der Waals surface area (Å²) in [7, 11) is 0. The van der Waals surface area contributed by atoms with E-state index in [0.29, 0.717) is 17.0 Å². The van der Waals surface area contributed by atoms with Crippen LogP contribution in [0.4, 0.5) is 5.69 Å². The first-order chi connectivity index (χ1) is 10.5. The monoisotopic (exact) mass is 294 g/mol. The molecule has 0 spiro atoms. The summed E-state index contributed by atoms with van der Waals surface area (Å²) in [5.74, 6) is 0.393.